The van der Waals surface area contributed by atoms with Crippen LogP contribution in [0.1, 0.15) is 0 Å². The number of aliphatic hydroxyl groups excluding tert-OH is 1. The van der Waals surface area contributed by atoms with E-state index >= 15 is 0 Å². The van der Waals surface area contributed by atoms with Gasteiger partial charge in [0.2, 0.25) is 0 Å². The first-order valence-corrected chi connectivity index (χ1v) is 6.47. The molecule has 1 N–H and O–H groups in total. The van der Waals surface area contributed by atoms with Gasteiger partial charge in [-0.05, 0) is 12.1 Å². The molecule has 0 aliphatic carbocycles. The van der Waals surface area contributed by atoms with E-state index in [0.29, 0.717) is 0 Å². The van der Waals surface area contributed by atoms with Crippen molar-refractivity contribution in [3.63, 3.8) is 0 Å². The van der Waals surface area contributed by atoms with E-state index in [9.17, 15) is 0 Å². The molecule has 0 fully saturated rings. The maximum atomic E-state index is 8.90. The maximum absolute atomic E-state index is 8.90. The van der Waals surface area contributed by atoms with Crippen molar-refractivity contribution >= 4 is 11.8 Å². The third-order valence-electron chi connectivity index (χ3n) is 2.22. The lowest BCUT2D eigenvalue weighted by Crippen LogP contribution is -2.29. The zero-order chi connectivity index (χ0) is 11.6. The summed E-state index contributed by atoms with van der Waals surface area (Å²) in [4.78, 5) is 3.49. The first kappa shape index (κ1) is 13.3. The Bertz CT molecular complexity index is 289. The fraction of sp³-hybridized carbons (Fsp3) is 0.385. The summed E-state index contributed by atoms with van der Waals surface area (Å²) in [6, 6.07) is 10.4. The molecule has 1 aromatic carbocycles. The highest BCUT2D eigenvalue weighted by atomic mass is 32.2. The number of rotatable bonds is 8. The fourth-order valence-electron chi connectivity index (χ4n) is 1.43. The van der Waals surface area contributed by atoms with E-state index in [1.807, 2.05) is 23.9 Å². The Balaban J connectivity index is 2.24. The average Bonchev–Trinajstić information content (AvgIpc) is 2.31. The molecule has 0 aliphatic heterocycles. The lowest BCUT2D eigenvalue weighted by Gasteiger charge is -2.18. The summed E-state index contributed by atoms with van der Waals surface area (Å²) in [5.41, 5.74) is 0. The SMILES string of the molecule is C=CCN(CCO)CCSc1ccccc1. The van der Waals surface area contributed by atoms with E-state index in [-0.39, 0.29) is 6.61 Å². The Morgan fingerprint density at radius 2 is 2.00 bits per heavy atom. The zero-order valence-corrected chi connectivity index (χ0v) is 10.3. The van der Waals surface area contributed by atoms with Crippen molar-refractivity contribution in [2.24, 2.45) is 0 Å². The van der Waals surface area contributed by atoms with Crippen molar-refractivity contribution in [3.8, 4) is 0 Å². The van der Waals surface area contributed by atoms with E-state index in [0.717, 1.165) is 25.4 Å². The van der Waals surface area contributed by atoms with Crippen LogP contribution in [0.4, 0.5) is 0 Å². The van der Waals surface area contributed by atoms with Crippen LogP contribution in [0.3, 0.4) is 0 Å². The van der Waals surface area contributed by atoms with E-state index in [1.54, 1.807) is 0 Å². The van der Waals surface area contributed by atoms with Gasteiger partial charge in [-0.3, -0.25) is 4.90 Å². The van der Waals surface area contributed by atoms with Crippen molar-refractivity contribution < 1.29 is 5.11 Å². The molecule has 0 saturated carbocycles. The second-order valence-corrected chi connectivity index (χ2v) is 4.64. The molecule has 0 radical (unpaired) electrons. The third-order valence-corrected chi connectivity index (χ3v) is 3.22. The van der Waals surface area contributed by atoms with Crippen molar-refractivity contribution in [2.75, 3.05) is 32.0 Å². The molecule has 2 nitrogen and oxygen atoms in total. The third kappa shape index (κ3) is 5.35. The van der Waals surface area contributed by atoms with Crippen LogP contribution in [0.5, 0.6) is 0 Å². The molecule has 0 atom stereocenters. The molecular weight excluding hydrogens is 218 g/mol. The normalized spacial score (nSPS) is 10.6. The minimum Gasteiger partial charge on any atom is -0.395 e. The fourth-order valence-corrected chi connectivity index (χ4v) is 2.36. The summed E-state index contributed by atoms with van der Waals surface area (Å²) in [5, 5.41) is 8.90. The number of thioether (sulfide) groups is 1. The van der Waals surface area contributed by atoms with E-state index in [2.05, 4.69) is 35.7 Å². The van der Waals surface area contributed by atoms with Crippen LogP contribution < -0.4 is 0 Å². The molecule has 0 unspecified atom stereocenters. The van der Waals surface area contributed by atoms with Gasteiger partial charge in [0.15, 0.2) is 0 Å². The van der Waals surface area contributed by atoms with Crippen LogP contribution in [-0.4, -0.2) is 42.0 Å². The van der Waals surface area contributed by atoms with Gasteiger partial charge < -0.3 is 5.11 Å². The lowest BCUT2D eigenvalue weighted by atomic mass is 10.4. The van der Waals surface area contributed by atoms with Crippen LogP contribution in [0.15, 0.2) is 47.9 Å². The summed E-state index contributed by atoms with van der Waals surface area (Å²) < 4.78 is 0. The van der Waals surface area contributed by atoms with Crippen molar-refractivity contribution in [2.45, 2.75) is 4.90 Å². The summed E-state index contributed by atoms with van der Waals surface area (Å²) in [5.74, 6) is 1.04. The second kappa shape index (κ2) is 8.39. The Labute approximate surface area is 102 Å². The standard InChI is InChI=1S/C13H19NOS/c1-2-8-14(9-11-15)10-12-16-13-6-4-3-5-7-13/h2-7,15H,1,8-12H2. The molecule has 1 rings (SSSR count). The first-order valence-electron chi connectivity index (χ1n) is 5.48. The van der Waals surface area contributed by atoms with Gasteiger partial charge in [0.1, 0.15) is 0 Å². The van der Waals surface area contributed by atoms with Crippen molar-refractivity contribution in [3.05, 3.63) is 43.0 Å². The smallest absolute Gasteiger partial charge is 0.0558 e. The lowest BCUT2D eigenvalue weighted by molar-refractivity contribution is 0.215. The highest BCUT2D eigenvalue weighted by Crippen LogP contribution is 2.16. The van der Waals surface area contributed by atoms with Gasteiger partial charge in [-0.1, -0.05) is 24.3 Å². The highest BCUT2D eigenvalue weighted by Gasteiger charge is 2.01. The van der Waals surface area contributed by atoms with Crippen LogP contribution in [0, 0.1) is 0 Å². The van der Waals surface area contributed by atoms with Gasteiger partial charge in [0.25, 0.3) is 0 Å². The Kier molecular flexibility index (Phi) is 6.97. The topological polar surface area (TPSA) is 23.5 Å². The van der Waals surface area contributed by atoms with Gasteiger partial charge in [-0.25, -0.2) is 0 Å². The number of hydrogen-bond donors (Lipinski definition) is 1. The zero-order valence-electron chi connectivity index (χ0n) is 9.51. The van der Waals surface area contributed by atoms with E-state index in [4.69, 9.17) is 5.11 Å². The summed E-state index contributed by atoms with van der Waals surface area (Å²) in [7, 11) is 0. The molecule has 0 amide bonds. The van der Waals surface area contributed by atoms with Gasteiger partial charge >= 0.3 is 0 Å². The molecule has 1 aromatic rings. The predicted molar refractivity (Wildman–Crippen MR) is 70.9 cm³/mol. The summed E-state index contributed by atoms with van der Waals surface area (Å²) in [6.45, 7) is 6.48. The number of aliphatic hydroxyl groups is 1. The predicted octanol–water partition coefficient (Wildman–Crippen LogP) is 2.26. The van der Waals surface area contributed by atoms with Crippen LogP contribution in [0.2, 0.25) is 0 Å². The first-order chi connectivity index (χ1) is 7.86. The molecule has 0 spiro atoms. The maximum Gasteiger partial charge on any atom is 0.0558 e. The van der Waals surface area contributed by atoms with Gasteiger partial charge in [0, 0.05) is 30.3 Å². The van der Waals surface area contributed by atoms with Crippen LogP contribution >= 0.6 is 11.8 Å². The van der Waals surface area contributed by atoms with Crippen LogP contribution in [0.25, 0.3) is 0 Å². The van der Waals surface area contributed by atoms with E-state index < -0.39 is 0 Å². The Morgan fingerprint density at radius 3 is 2.62 bits per heavy atom. The molecule has 0 saturated heterocycles. The highest BCUT2D eigenvalue weighted by molar-refractivity contribution is 7.99. The minimum absolute atomic E-state index is 0.212. The largest absolute Gasteiger partial charge is 0.395 e. The van der Waals surface area contributed by atoms with Gasteiger partial charge in [-0.15, -0.1) is 18.3 Å². The molecule has 3 heteroatoms. The molecule has 0 heterocycles. The van der Waals surface area contributed by atoms with E-state index in [1.165, 1.54) is 4.90 Å². The number of benzene rings is 1. The molecule has 16 heavy (non-hydrogen) atoms. The van der Waals surface area contributed by atoms with Crippen molar-refractivity contribution in [1.29, 1.82) is 0 Å². The van der Waals surface area contributed by atoms with Crippen LogP contribution in [-0.2, 0) is 0 Å². The summed E-state index contributed by atoms with van der Waals surface area (Å²) in [6.07, 6.45) is 1.88. The van der Waals surface area contributed by atoms with Gasteiger partial charge in [-0.2, -0.15) is 0 Å². The van der Waals surface area contributed by atoms with Crippen molar-refractivity contribution in [1.82, 2.24) is 4.90 Å². The molecular formula is C13H19NOS. The van der Waals surface area contributed by atoms with Gasteiger partial charge in [0.05, 0.1) is 6.61 Å². The summed E-state index contributed by atoms with van der Waals surface area (Å²) >= 11 is 1.84. The minimum atomic E-state index is 0.212. The molecule has 0 aliphatic rings. The second-order valence-electron chi connectivity index (χ2n) is 3.47. The molecule has 0 bridgehead atoms. The average molecular weight is 237 g/mol. The monoisotopic (exact) mass is 237 g/mol. The number of nitrogens with zero attached hydrogens (tertiary/aromatic N) is 1. The Morgan fingerprint density at radius 1 is 1.25 bits per heavy atom. The molecule has 88 valence electrons. The quantitative estimate of drug-likeness (QED) is 0.554. The Hall–Kier alpha value is -0.770. The molecule has 0 aromatic heterocycles. The number of hydrogen-bond acceptors (Lipinski definition) is 3.